The van der Waals surface area contributed by atoms with E-state index in [-0.39, 0.29) is 10.4 Å². The second kappa shape index (κ2) is 5.17. The Morgan fingerprint density at radius 2 is 2.10 bits per heavy atom. The molecule has 8 heteroatoms. The molecule has 6 nitrogen and oxygen atoms in total. The molecule has 0 spiro atoms. The molecule has 0 radical (unpaired) electrons. The summed E-state index contributed by atoms with van der Waals surface area (Å²) in [7, 11) is -3.65. The normalized spacial score (nSPS) is 12.6. The molecule has 0 atom stereocenters. The topological polar surface area (TPSA) is 76.9 Å². The lowest BCUT2D eigenvalue weighted by Gasteiger charge is -2.13. The van der Waals surface area contributed by atoms with Crippen molar-refractivity contribution in [1.29, 1.82) is 0 Å². The van der Waals surface area contributed by atoms with Gasteiger partial charge in [-0.25, -0.2) is 9.67 Å². The highest BCUT2D eigenvalue weighted by Gasteiger charge is 2.23. The Labute approximate surface area is 122 Å². The van der Waals surface area contributed by atoms with Crippen LogP contribution in [0.2, 0.25) is 0 Å². The molecular formula is C12H18N4O2S2. The van der Waals surface area contributed by atoms with E-state index in [0.29, 0.717) is 12.4 Å². The molecule has 0 aliphatic carbocycles. The molecule has 110 valence electrons. The van der Waals surface area contributed by atoms with Crippen LogP contribution in [-0.2, 0) is 22.0 Å². The average Bonchev–Trinajstić information content (AvgIpc) is 2.95. The molecule has 0 aliphatic heterocycles. The van der Waals surface area contributed by atoms with Crippen molar-refractivity contribution in [3.05, 3.63) is 22.7 Å². The first kappa shape index (κ1) is 15.0. The van der Waals surface area contributed by atoms with E-state index >= 15 is 0 Å². The van der Waals surface area contributed by atoms with Gasteiger partial charge in [0.2, 0.25) is 0 Å². The molecule has 0 amide bonds. The summed E-state index contributed by atoms with van der Waals surface area (Å²) < 4.78 is 28.6. The largest absolute Gasteiger partial charge is 0.281 e. The zero-order chi connectivity index (χ0) is 15.0. The average molecular weight is 314 g/mol. The monoisotopic (exact) mass is 314 g/mol. The van der Waals surface area contributed by atoms with Crippen molar-refractivity contribution in [3.63, 3.8) is 0 Å². The molecule has 1 N–H and O–H groups in total. The van der Waals surface area contributed by atoms with Gasteiger partial charge in [0.05, 0.1) is 11.2 Å². The number of hydrogen-bond donors (Lipinski definition) is 1. The first-order chi connectivity index (χ1) is 9.24. The molecule has 0 aliphatic rings. The number of aryl methyl sites for hydroxylation is 1. The molecule has 0 fully saturated rings. The third-order valence-corrected chi connectivity index (χ3v) is 4.76. The summed E-state index contributed by atoms with van der Waals surface area (Å²) in [6.45, 7) is 8.61. The van der Waals surface area contributed by atoms with Crippen LogP contribution in [0.3, 0.4) is 0 Å². The van der Waals surface area contributed by atoms with Crippen LogP contribution in [0.25, 0.3) is 0 Å². The van der Waals surface area contributed by atoms with Crippen LogP contribution in [0, 0.1) is 0 Å². The Morgan fingerprint density at radius 3 is 2.60 bits per heavy atom. The molecule has 2 rings (SSSR count). The fraction of sp³-hybridized carbons (Fsp3) is 0.500. The van der Waals surface area contributed by atoms with E-state index in [4.69, 9.17) is 0 Å². The zero-order valence-electron chi connectivity index (χ0n) is 11.9. The zero-order valence-corrected chi connectivity index (χ0v) is 13.5. The van der Waals surface area contributed by atoms with E-state index in [1.165, 1.54) is 22.2 Å². The van der Waals surface area contributed by atoms with E-state index in [1.54, 1.807) is 10.7 Å². The van der Waals surface area contributed by atoms with Crippen LogP contribution in [0.5, 0.6) is 0 Å². The predicted octanol–water partition coefficient (Wildman–Crippen LogP) is 2.46. The van der Waals surface area contributed by atoms with Crippen molar-refractivity contribution in [1.82, 2.24) is 14.8 Å². The van der Waals surface area contributed by atoms with Crippen molar-refractivity contribution in [2.75, 3.05) is 4.72 Å². The summed E-state index contributed by atoms with van der Waals surface area (Å²) >= 11 is 1.24. The molecular weight excluding hydrogens is 296 g/mol. The van der Waals surface area contributed by atoms with Crippen molar-refractivity contribution >= 4 is 27.2 Å². The number of thiazole rings is 1. The van der Waals surface area contributed by atoms with Gasteiger partial charge in [-0.05, 0) is 6.92 Å². The van der Waals surface area contributed by atoms with Crippen molar-refractivity contribution < 1.29 is 8.42 Å². The van der Waals surface area contributed by atoms with Crippen LogP contribution in [0.1, 0.15) is 33.4 Å². The first-order valence-electron chi connectivity index (χ1n) is 6.23. The molecule has 2 aromatic rings. The maximum absolute atomic E-state index is 12.2. The minimum absolute atomic E-state index is 0.0312. The smallest absolute Gasteiger partial charge is 0.262 e. The standard InChI is InChI=1S/C12H18N4O2S2/c1-5-16-10(6-9(14-16)12(2,3)4)15-20(17,18)11-7-19-8-13-11/h6-8,15H,5H2,1-4H3. The highest BCUT2D eigenvalue weighted by Crippen LogP contribution is 2.25. The lowest BCUT2D eigenvalue weighted by atomic mass is 9.92. The SMILES string of the molecule is CCn1nc(C(C)(C)C)cc1NS(=O)(=O)c1cscn1. The molecule has 0 saturated carbocycles. The van der Waals surface area contributed by atoms with Gasteiger partial charge in [-0.1, -0.05) is 20.8 Å². The summed E-state index contributed by atoms with van der Waals surface area (Å²) in [6.07, 6.45) is 0. The van der Waals surface area contributed by atoms with Gasteiger partial charge in [0, 0.05) is 23.4 Å². The highest BCUT2D eigenvalue weighted by molar-refractivity contribution is 7.92. The van der Waals surface area contributed by atoms with Crippen LogP contribution in [0.4, 0.5) is 5.82 Å². The highest BCUT2D eigenvalue weighted by atomic mass is 32.2. The van der Waals surface area contributed by atoms with Gasteiger partial charge in [-0.2, -0.15) is 13.5 Å². The Hall–Kier alpha value is -1.41. The molecule has 0 saturated heterocycles. The maximum atomic E-state index is 12.2. The van der Waals surface area contributed by atoms with Crippen LogP contribution in [0.15, 0.2) is 22.0 Å². The minimum atomic E-state index is -3.65. The Bertz CT molecular complexity index is 682. The van der Waals surface area contributed by atoms with Gasteiger partial charge in [-0.15, -0.1) is 11.3 Å². The third-order valence-electron chi connectivity index (χ3n) is 2.77. The predicted molar refractivity (Wildman–Crippen MR) is 79.5 cm³/mol. The molecule has 2 aromatic heterocycles. The number of hydrogen-bond acceptors (Lipinski definition) is 5. The summed E-state index contributed by atoms with van der Waals surface area (Å²) in [6, 6.07) is 1.77. The minimum Gasteiger partial charge on any atom is -0.262 e. The van der Waals surface area contributed by atoms with E-state index in [9.17, 15) is 8.42 Å². The lowest BCUT2D eigenvalue weighted by molar-refractivity contribution is 0.542. The van der Waals surface area contributed by atoms with Gasteiger partial charge in [0.1, 0.15) is 5.82 Å². The fourth-order valence-electron chi connectivity index (χ4n) is 1.63. The first-order valence-corrected chi connectivity index (χ1v) is 8.66. The van der Waals surface area contributed by atoms with Crippen LogP contribution < -0.4 is 4.72 Å². The molecule has 0 unspecified atom stereocenters. The lowest BCUT2D eigenvalue weighted by Crippen LogP contribution is -2.16. The molecule has 2 heterocycles. The second-order valence-electron chi connectivity index (χ2n) is 5.41. The number of rotatable bonds is 4. The van der Waals surface area contributed by atoms with Crippen molar-refractivity contribution in [2.45, 2.75) is 44.7 Å². The Balaban J connectivity index is 2.37. The molecule has 0 aromatic carbocycles. The summed E-state index contributed by atoms with van der Waals surface area (Å²) in [5.74, 6) is 0.463. The van der Waals surface area contributed by atoms with E-state index in [2.05, 4.69) is 14.8 Å². The van der Waals surface area contributed by atoms with Crippen LogP contribution in [-0.4, -0.2) is 23.2 Å². The summed E-state index contributed by atoms with van der Waals surface area (Å²) in [4.78, 5) is 3.83. The summed E-state index contributed by atoms with van der Waals surface area (Å²) in [5.41, 5.74) is 2.20. The second-order valence-corrected chi connectivity index (χ2v) is 7.76. The fourth-order valence-corrected chi connectivity index (χ4v) is 3.52. The summed E-state index contributed by atoms with van der Waals surface area (Å²) in [5, 5.41) is 5.97. The Kier molecular flexibility index (Phi) is 3.88. The van der Waals surface area contributed by atoms with Gasteiger partial charge in [-0.3, -0.25) is 4.72 Å². The van der Waals surface area contributed by atoms with E-state index in [1.807, 2.05) is 27.7 Å². The number of aromatic nitrogens is 3. The number of anilines is 1. The van der Waals surface area contributed by atoms with Gasteiger partial charge in [0.25, 0.3) is 10.0 Å². The number of sulfonamides is 1. The van der Waals surface area contributed by atoms with Gasteiger partial charge >= 0.3 is 0 Å². The number of nitrogens with one attached hydrogen (secondary N) is 1. The van der Waals surface area contributed by atoms with Crippen molar-refractivity contribution in [2.24, 2.45) is 0 Å². The van der Waals surface area contributed by atoms with Crippen LogP contribution >= 0.6 is 11.3 Å². The van der Waals surface area contributed by atoms with E-state index in [0.717, 1.165) is 5.69 Å². The van der Waals surface area contributed by atoms with Gasteiger partial charge < -0.3 is 0 Å². The maximum Gasteiger partial charge on any atom is 0.281 e. The van der Waals surface area contributed by atoms with E-state index < -0.39 is 10.0 Å². The quantitative estimate of drug-likeness (QED) is 0.940. The third kappa shape index (κ3) is 3.01. The Morgan fingerprint density at radius 1 is 1.40 bits per heavy atom. The van der Waals surface area contributed by atoms with Gasteiger partial charge in [0.15, 0.2) is 5.03 Å². The molecule has 0 bridgehead atoms. The van der Waals surface area contributed by atoms with Crippen molar-refractivity contribution in [3.8, 4) is 0 Å². The molecule has 20 heavy (non-hydrogen) atoms. The number of nitrogens with zero attached hydrogens (tertiary/aromatic N) is 3.